The Balaban J connectivity index is 2.00. The summed E-state index contributed by atoms with van der Waals surface area (Å²) in [4.78, 5) is 0. The van der Waals surface area contributed by atoms with E-state index in [1.54, 1.807) is 0 Å². The molecule has 0 aromatic heterocycles. The maximum absolute atomic E-state index is 10.1. The van der Waals surface area contributed by atoms with Gasteiger partial charge in [-0.3, -0.25) is 0 Å². The van der Waals surface area contributed by atoms with E-state index in [-0.39, 0.29) is 5.60 Å². The first kappa shape index (κ1) is 6.90. The third-order valence-electron chi connectivity index (χ3n) is 3.80. The first-order valence-corrected chi connectivity index (χ1v) is 4.77. The number of fused-ring (bicyclic) bond motifs is 1. The maximum Gasteiger partial charge on any atom is 0.0662 e. The third kappa shape index (κ3) is 0.680. The molecule has 2 fully saturated rings. The van der Waals surface area contributed by atoms with Crippen LogP contribution in [0, 0.1) is 23.7 Å². The Bertz CT molecular complexity index is 275. The molecule has 0 bridgehead atoms. The second-order valence-corrected chi connectivity index (χ2v) is 4.68. The quantitative estimate of drug-likeness (QED) is 0.575. The van der Waals surface area contributed by atoms with Crippen LogP contribution in [-0.2, 0) is 0 Å². The zero-order chi connectivity index (χ0) is 8.34. The highest BCUT2D eigenvalue weighted by molar-refractivity contribution is 5.28. The molecule has 0 aromatic carbocycles. The minimum Gasteiger partial charge on any atom is -0.390 e. The van der Waals surface area contributed by atoms with Crippen LogP contribution in [0.2, 0.25) is 0 Å². The third-order valence-corrected chi connectivity index (χ3v) is 3.80. The molecule has 5 atom stereocenters. The normalized spacial score (nSPS) is 59.8. The van der Waals surface area contributed by atoms with Crippen molar-refractivity contribution in [2.24, 2.45) is 23.7 Å². The van der Waals surface area contributed by atoms with E-state index >= 15 is 0 Å². The molecule has 0 saturated heterocycles. The van der Waals surface area contributed by atoms with Crippen LogP contribution in [-0.4, -0.2) is 10.7 Å². The molecule has 1 heteroatoms. The number of allylic oxidation sites excluding steroid dienone is 4. The van der Waals surface area contributed by atoms with E-state index in [0.717, 1.165) is 12.3 Å². The zero-order valence-electron chi connectivity index (χ0n) is 7.27. The fourth-order valence-electron chi connectivity index (χ4n) is 3.33. The minimum atomic E-state index is -0.390. The van der Waals surface area contributed by atoms with Gasteiger partial charge in [0.2, 0.25) is 0 Å². The van der Waals surface area contributed by atoms with E-state index in [4.69, 9.17) is 0 Å². The second kappa shape index (κ2) is 1.85. The Morgan fingerprint density at radius 2 is 2.08 bits per heavy atom. The van der Waals surface area contributed by atoms with Crippen LogP contribution >= 0.6 is 0 Å². The Morgan fingerprint density at radius 3 is 2.92 bits per heavy atom. The molecule has 3 aliphatic carbocycles. The van der Waals surface area contributed by atoms with E-state index < -0.39 is 0 Å². The van der Waals surface area contributed by atoms with Gasteiger partial charge in [-0.1, -0.05) is 24.3 Å². The molecule has 3 rings (SSSR count). The lowest BCUT2D eigenvalue weighted by Crippen LogP contribution is -2.26. The Hall–Kier alpha value is -0.560. The molecule has 0 radical (unpaired) electrons. The van der Waals surface area contributed by atoms with Crippen molar-refractivity contribution in [3.05, 3.63) is 24.3 Å². The van der Waals surface area contributed by atoms with Crippen molar-refractivity contribution in [3.63, 3.8) is 0 Å². The van der Waals surface area contributed by atoms with Gasteiger partial charge in [-0.05, 0) is 37.0 Å². The van der Waals surface area contributed by atoms with Crippen molar-refractivity contribution in [1.29, 1.82) is 0 Å². The summed E-state index contributed by atoms with van der Waals surface area (Å²) in [5.41, 5.74) is -0.390. The summed E-state index contributed by atoms with van der Waals surface area (Å²) in [6, 6.07) is 0. The predicted octanol–water partition coefficient (Wildman–Crippen LogP) is 1.75. The van der Waals surface area contributed by atoms with Crippen molar-refractivity contribution in [2.75, 3.05) is 0 Å². The van der Waals surface area contributed by atoms with E-state index in [2.05, 4.69) is 24.3 Å². The molecule has 1 nitrogen and oxygen atoms in total. The van der Waals surface area contributed by atoms with Crippen molar-refractivity contribution in [1.82, 2.24) is 0 Å². The molecular weight excluding hydrogens is 148 g/mol. The number of rotatable bonds is 0. The van der Waals surface area contributed by atoms with Crippen LogP contribution in [0.3, 0.4) is 0 Å². The van der Waals surface area contributed by atoms with Gasteiger partial charge in [0.15, 0.2) is 0 Å². The van der Waals surface area contributed by atoms with Gasteiger partial charge in [-0.15, -0.1) is 0 Å². The van der Waals surface area contributed by atoms with Crippen molar-refractivity contribution in [3.8, 4) is 0 Å². The van der Waals surface area contributed by atoms with Crippen LogP contribution in [0.4, 0.5) is 0 Å². The molecule has 2 saturated carbocycles. The van der Waals surface area contributed by atoms with Gasteiger partial charge in [-0.2, -0.15) is 0 Å². The smallest absolute Gasteiger partial charge is 0.0662 e. The standard InChI is InChI=1S/C11H14O/c1-11(12)6-7-4-2-3-5-8-9(7)10(8)11/h2-5,7-10,12H,6H2,1H3/t7-,8+,9+,10+,11+/m0/s1. The SMILES string of the molecule is C[C@@]1(O)C[C@@H]2C=CC=C[C@@H]3[C@@H]2[C@@H]31. The maximum atomic E-state index is 10.1. The van der Waals surface area contributed by atoms with Crippen LogP contribution < -0.4 is 0 Å². The van der Waals surface area contributed by atoms with Gasteiger partial charge >= 0.3 is 0 Å². The molecule has 0 unspecified atom stereocenters. The second-order valence-electron chi connectivity index (χ2n) is 4.68. The summed E-state index contributed by atoms with van der Waals surface area (Å²) >= 11 is 0. The van der Waals surface area contributed by atoms with E-state index in [9.17, 15) is 5.11 Å². The highest BCUT2D eigenvalue weighted by atomic mass is 16.3. The van der Waals surface area contributed by atoms with Crippen molar-refractivity contribution < 1.29 is 5.11 Å². The lowest BCUT2D eigenvalue weighted by molar-refractivity contribution is 0.0362. The van der Waals surface area contributed by atoms with E-state index in [1.807, 2.05) is 6.92 Å². The summed E-state index contributed by atoms with van der Waals surface area (Å²) in [6.07, 6.45) is 9.77. The summed E-state index contributed by atoms with van der Waals surface area (Å²) < 4.78 is 0. The lowest BCUT2D eigenvalue weighted by atomic mass is 9.92. The summed E-state index contributed by atoms with van der Waals surface area (Å²) in [7, 11) is 0. The van der Waals surface area contributed by atoms with Gasteiger partial charge in [0, 0.05) is 0 Å². The Labute approximate surface area is 72.8 Å². The van der Waals surface area contributed by atoms with Gasteiger partial charge in [0.1, 0.15) is 0 Å². The average Bonchev–Trinajstić information content (AvgIpc) is 2.62. The fourth-order valence-corrected chi connectivity index (χ4v) is 3.33. The molecule has 3 aliphatic rings. The monoisotopic (exact) mass is 162 g/mol. The number of aliphatic hydroxyl groups is 1. The van der Waals surface area contributed by atoms with E-state index in [1.165, 1.54) is 0 Å². The molecular formula is C11H14O. The van der Waals surface area contributed by atoms with Crippen LogP contribution in [0.1, 0.15) is 13.3 Å². The van der Waals surface area contributed by atoms with Gasteiger partial charge in [0.25, 0.3) is 0 Å². The Morgan fingerprint density at radius 1 is 1.33 bits per heavy atom. The molecule has 0 amide bonds. The van der Waals surface area contributed by atoms with Crippen LogP contribution in [0.25, 0.3) is 0 Å². The van der Waals surface area contributed by atoms with Gasteiger partial charge < -0.3 is 5.11 Å². The van der Waals surface area contributed by atoms with Gasteiger partial charge in [0.05, 0.1) is 5.60 Å². The summed E-state index contributed by atoms with van der Waals surface area (Å²) in [5.74, 6) is 2.64. The van der Waals surface area contributed by atoms with Gasteiger partial charge in [-0.25, -0.2) is 0 Å². The molecule has 0 aliphatic heterocycles. The van der Waals surface area contributed by atoms with E-state index in [0.29, 0.717) is 17.8 Å². The number of hydrogen-bond donors (Lipinski definition) is 1. The van der Waals surface area contributed by atoms with Crippen LogP contribution in [0.5, 0.6) is 0 Å². The molecule has 64 valence electrons. The first-order chi connectivity index (χ1) is 5.70. The average molecular weight is 162 g/mol. The minimum absolute atomic E-state index is 0.390. The number of hydrogen-bond acceptors (Lipinski definition) is 1. The summed E-state index contributed by atoms with van der Waals surface area (Å²) in [6.45, 7) is 2.00. The molecule has 0 aromatic rings. The van der Waals surface area contributed by atoms with Crippen molar-refractivity contribution in [2.45, 2.75) is 18.9 Å². The fraction of sp³-hybridized carbons (Fsp3) is 0.636. The highest BCUT2D eigenvalue weighted by Crippen LogP contribution is 2.66. The molecule has 12 heavy (non-hydrogen) atoms. The largest absolute Gasteiger partial charge is 0.390 e. The van der Waals surface area contributed by atoms with Crippen molar-refractivity contribution >= 4 is 0 Å². The topological polar surface area (TPSA) is 20.2 Å². The lowest BCUT2D eigenvalue weighted by Gasteiger charge is -2.21. The molecule has 1 N–H and O–H groups in total. The summed E-state index contributed by atoms with van der Waals surface area (Å²) in [5, 5.41) is 10.1. The predicted molar refractivity (Wildman–Crippen MR) is 47.5 cm³/mol. The molecule has 0 heterocycles. The highest BCUT2D eigenvalue weighted by Gasteiger charge is 2.65. The first-order valence-electron chi connectivity index (χ1n) is 4.77. The van der Waals surface area contributed by atoms with Crippen LogP contribution in [0.15, 0.2) is 24.3 Å². The Kier molecular flexibility index (Phi) is 1.06. The molecule has 0 spiro atoms. The zero-order valence-corrected chi connectivity index (χ0v) is 7.27.